The molecular formula is C16H29N. The SMILES string of the molecule is C/C=C/N=C(/CC)C1CCCCCCCC1C. The zero-order valence-electron chi connectivity index (χ0n) is 11.9. The summed E-state index contributed by atoms with van der Waals surface area (Å²) in [6.45, 7) is 6.72. The van der Waals surface area contributed by atoms with E-state index < -0.39 is 0 Å². The van der Waals surface area contributed by atoms with Gasteiger partial charge in [-0.05, 0) is 31.6 Å². The molecular weight excluding hydrogens is 206 g/mol. The maximum absolute atomic E-state index is 4.67. The van der Waals surface area contributed by atoms with Crippen molar-refractivity contribution in [2.45, 2.75) is 72.1 Å². The van der Waals surface area contributed by atoms with E-state index in [0.717, 1.165) is 18.3 Å². The Morgan fingerprint density at radius 2 is 1.76 bits per heavy atom. The molecule has 2 atom stereocenters. The minimum Gasteiger partial charge on any atom is -0.266 e. The van der Waals surface area contributed by atoms with E-state index in [1.807, 2.05) is 19.2 Å². The summed E-state index contributed by atoms with van der Waals surface area (Å²) in [7, 11) is 0. The second-order valence-electron chi connectivity index (χ2n) is 5.39. The first-order chi connectivity index (χ1) is 8.29. The fraction of sp³-hybridized carbons (Fsp3) is 0.812. The van der Waals surface area contributed by atoms with Gasteiger partial charge in [0.2, 0.25) is 0 Å². The van der Waals surface area contributed by atoms with Crippen LogP contribution in [0.5, 0.6) is 0 Å². The smallest absolute Gasteiger partial charge is 0.0224 e. The lowest BCUT2D eigenvalue weighted by Gasteiger charge is -2.24. The molecule has 0 aromatic heterocycles. The van der Waals surface area contributed by atoms with Crippen molar-refractivity contribution in [1.82, 2.24) is 0 Å². The number of allylic oxidation sites excluding steroid dienone is 1. The van der Waals surface area contributed by atoms with Crippen molar-refractivity contribution in [2.24, 2.45) is 16.8 Å². The minimum atomic E-state index is 0.731. The standard InChI is InChI=1S/C16H29N/c1-4-13-17-16(5-2)15-12-10-8-6-7-9-11-14(15)3/h4,13-15H,5-12H2,1-3H3/b13-4+,17-16-. The Morgan fingerprint density at radius 3 is 2.41 bits per heavy atom. The Hall–Kier alpha value is -0.590. The lowest BCUT2D eigenvalue weighted by molar-refractivity contribution is 0.392. The van der Waals surface area contributed by atoms with Crippen LogP contribution in [0.3, 0.4) is 0 Å². The Balaban J connectivity index is 2.72. The molecule has 0 amide bonds. The molecule has 0 aromatic rings. The van der Waals surface area contributed by atoms with Crippen molar-refractivity contribution in [3.05, 3.63) is 12.3 Å². The summed E-state index contributed by atoms with van der Waals surface area (Å²) < 4.78 is 0. The molecule has 0 bridgehead atoms. The van der Waals surface area contributed by atoms with E-state index in [1.165, 1.54) is 50.7 Å². The molecule has 17 heavy (non-hydrogen) atoms. The molecule has 1 aliphatic rings. The first-order valence-electron chi connectivity index (χ1n) is 7.47. The molecule has 1 saturated carbocycles. The molecule has 1 aliphatic carbocycles. The lowest BCUT2D eigenvalue weighted by atomic mass is 9.82. The first kappa shape index (κ1) is 14.5. The van der Waals surface area contributed by atoms with Crippen LogP contribution in [-0.2, 0) is 0 Å². The summed E-state index contributed by atoms with van der Waals surface area (Å²) in [6.07, 6.45) is 15.0. The third kappa shape index (κ3) is 5.06. The highest BCUT2D eigenvalue weighted by molar-refractivity contribution is 5.87. The van der Waals surface area contributed by atoms with E-state index in [9.17, 15) is 0 Å². The van der Waals surface area contributed by atoms with Crippen LogP contribution in [0, 0.1) is 11.8 Å². The van der Waals surface area contributed by atoms with Crippen LogP contribution in [0.2, 0.25) is 0 Å². The topological polar surface area (TPSA) is 12.4 Å². The molecule has 1 nitrogen and oxygen atoms in total. The minimum absolute atomic E-state index is 0.731. The summed E-state index contributed by atoms with van der Waals surface area (Å²) in [5.41, 5.74) is 1.43. The molecule has 2 unspecified atom stereocenters. The molecule has 0 saturated heterocycles. The first-order valence-corrected chi connectivity index (χ1v) is 7.47. The normalized spacial score (nSPS) is 28.8. The highest BCUT2D eigenvalue weighted by atomic mass is 14.7. The monoisotopic (exact) mass is 235 g/mol. The summed E-state index contributed by atoms with van der Waals surface area (Å²) >= 11 is 0. The van der Waals surface area contributed by atoms with E-state index in [2.05, 4.69) is 18.8 Å². The van der Waals surface area contributed by atoms with Crippen molar-refractivity contribution < 1.29 is 0 Å². The number of rotatable bonds is 3. The van der Waals surface area contributed by atoms with Gasteiger partial charge in [-0.1, -0.05) is 58.4 Å². The van der Waals surface area contributed by atoms with E-state index >= 15 is 0 Å². The van der Waals surface area contributed by atoms with Gasteiger partial charge < -0.3 is 0 Å². The van der Waals surface area contributed by atoms with Gasteiger partial charge in [0.1, 0.15) is 0 Å². The quantitative estimate of drug-likeness (QED) is 0.583. The zero-order chi connectivity index (χ0) is 12.5. The van der Waals surface area contributed by atoms with Gasteiger partial charge in [0.15, 0.2) is 0 Å². The molecule has 0 heterocycles. The average Bonchev–Trinajstić information content (AvgIpc) is 2.44. The van der Waals surface area contributed by atoms with Gasteiger partial charge in [0.25, 0.3) is 0 Å². The van der Waals surface area contributed by atoms with Gasteiger partial charge >= 0.3 is 0 Å². The molecule has 0 spiro atoms. The molecule has 0 N–H and O–H groups in total. The van der Waals surface area contributed by atoms with Gasteiger partial charge in [0, 0.05) is 11.9 Å². The van der Waals surface area contributed by atoms with Crippen LogP contribution >= 0.6 is 0 Å². The largest absolute Gasteiger partial charge is 0.266 e. The predicted molar refractivity (Wildman–Crippen MR) is 77.5 cm³/mol. The zero-order valence-corrected chi connectivity index (χ0v) is 11.9. The predicted octanol–water partition coefficient (Wildman–Crippen LogP) is 5.37. The van der Waals surface area contributed by atoms with E-state index in [4.69, 9.17) is 0 Å². The van der Waals surface area contributed by atoms with Gasteiger partial charge in [-0.2, -0.15) is 0 Å². The van der Waals surface area contributed by atoms with E-state index in [-0.39, 0.29) is 0 Å². The van der Waals surface area contributed by atoms with Crippen LogP contribution in [0.4, 0.5) is 0 Å². The molecule has 98 valence electrons. The van der Waals surface area contributed by atoms with Gasteiger partial charge in [0.05, 0.1) is 0 Å². The lowest BCUT2D eigenvalue weighted by Crippen LogP contribution is -2.21. The van der Waals surface area contributed by atoms with Gasteiger partial charge in [-0.3, -0.25) is 4.99 Å². The molecule has 1 rings (SSSR count). The van der Waals surface area contributed by atoms with Crippen molar-refractivity contribution in [3.63, 3.8) is 0 Å². The second kappa shape index (κ2) is 8.49. The highest BCUT2D eigenvalue weighted by Crippen LogP contribution is 2.29. The Bertz CT molecular complexity index is 252. The number of hydrogen-bond donors (Lipinski definition) is 0. The molecule has 0 aromatic carbocycles. The maximum Gasteiger partial charge on any atom is 0.0224 e. The second-order valence-corrected chi connectivity index (χ2v) is 5.39. The maximum atomic E-state index is 4.67. The van der Waals surface area contributed by atoms with Crippen LogP contribution in [0.1, 0.15) is 72.1 Å². The Morgan fingerprint density at radius 1 is 1.12 bits per heavy atom. The Kier molecular flexibility index (Phi) is 7.23. The number of aliphatic imine (C=N–C) groups is 1. The van der Waals surface area contributed by atoms with Crippen LogP contribution < -0.4 is 0 Å². The Labute approximate surface area is 107 Å². The molecule has 1 heteroatoms. The fourth-order valence-corrected chi connectivity index (χ4v) is 2.96. The average molecular weight is 235 g/mol. The van der Waals surface area contributed by atoms with Crippen molar-refractivity contribution in [1.29, 1.82) is 0 Å². The van der Waals surface area contributed by atoms with Crippen molar-refractivity contribution >= 4 is 5.71 Å². The van der Waals surface area contributed by atoms with Gasteiger partial charge in [-0.15, -0.1) is 0 Å². The summed E-state index contributed by atoms with van der Waals surface area (Å²) in [5.74, 6) is 1.55. The van der Waals surface area contributed by atoms with Crippen molar-refractivity contribution in [3.8, 4) is 0 Å². The fourth-order valence-electron chi connectivity index (χ4n) is 2.96. The third-order valence-electron chi connectivity index (χ3n) is 4.04. The van der Waals surface area contributed by atoms with E-state index in [0.29, 0.717) is 0 Å². The van der Waals surface area contributed by atoms with Crippen LogP contribution in [-0.4, -0.2) is 5.71 Å². The summed E-state index contributed by atoms with van der Waals surface area (Å²) in [5, 5.41) is 0. The van der Waals surface area contributed by atoms with Crippen LogP contribution in [0.25, 0.3) is 0 Å². The van der Waals surface area contributed by atoms with Crippen molar-refractivity contribution in [2.75, 3.05) is 0 Å². The summed E-state index contributed by atoms with van der Waals surface area (Å²) in [6, 6.07) is 0. The molecule has 0 radical (unpaired) electrons. The van der Waals surface area contributed by atoms with E-state index in [1.54, 1.807) is 0 Å². The summed E-state index contributed by atoms with van der Waals surface area (Å²) in [4.78, 5) is 4.67. The van der Waals surface area contributed by atoms with Crippen LogP contribution in [0.15, 0.2) is 17.3 Å². The van der Waals surface area contributed by atoms with Gasteiger partial charge in [-0.25, -0.2) is 0 Å². The molecule has 1 fully saturated rings. The highest BCUT2D eigenvalue weighted by Gasteiger charge is 2.21. The third-order valence-corrected chi connectivity index (χ3v) is 4.04. The number of hydrogen-bond acceptors (Lipinski definition) is 1. The number of nitrogens with zero attached hydrogens (tertiary/aromatic N) is 1. The molecule has 0 aliphatic heterocycles.